The van der Waals surface area contributed by atoms with E-state index in [1.807, 2.05) is 6.07 Å². The Morgan fingerprint density at radius 2 is 2.09 bits per heavy atom. The van der Waals surface area contributed by atoms with Crippen molar-refractivity contribution in [3.05, 3.63) is 34.3 Å². The lowest BCUT2D eigenvalue weighted by Crippen LogP contribution is -2.39. The summed E-state index contributed by atoms with van der Waals surface area (Å²) < 4.78 is 4.75. The van der Waals surface area contributed by atoms with E-state index < -0.39 is 0 Å². The number of esters is 1. The van der Waals surface area contributed by atoms with Crippen LogP contribution >= 0.6 is 24.0 Å². The lowest BCUT2D eigenvalue weighted by atomic mass is 9.91. The van der Waals surface area contributed by atoms with Crippen LogP contribution in [0.25, 0.3) is 0 Å². The lowest BCUT2D eigenvalue weighted by molar-refractivity contribution is 0.0600. The summed E-state index contributed by atoms with van der Waals surface area (Å²) in [6.45, 7) is 4.88. The summed E-state index contributed by atoms with van der Waals surface area (Å²) >= 11 is 6.24. The molecule has 1 unspecified atom stereocenters. The molecule has 6 heteroatoms. The SMILES string of the molecule is COC(=O)c1ccc(Cl)c(CN2CCC(C(C)N)CC2)c1.Cl. The quantitative estimate of drug-likeness (QED) is 0.851. The van der Waals surface area contributed by atoms with Crippen LogP contribution < -0.4 is 5.73 Å². The summed E-state index contributed by atoms with van der Waals surface area (Å²) in [6, 6.07) is 5.54. The van der Waals surface area contributed by atoms with Crippen LogP contribution in [0.4, 0.5) is 0 Å². The smallest absolute Gasteiger partial charge is 0.337 e. The molecule has 1 atom stereocenters. The van der Waals surface area contributed by atoms with Crippen LogP contribution in [-0.4, -0.2) is 37.1 Å². The maximum absolute atomic E-state index is 11.6. The van der Waals surface area contributed by atoms with Gasteiger partial charge in [0.2, 0.25) is 0 Å². The van der Waals surface area contributed by atoms with Crippen molar-refractivity contribution in [2.45, 2.75) is 32.4 Å². The van der Waals surface area contributed by atoms with E-state index in [9.17, 15) is 4.79 Å². The van der Waals surface area contributed by atoms with E-state index in [1.54, 1.807) is 12.1 Å². The number of rotatable bonds is 4. The van der Waals surface area contributed by atoms with Gasteiger partial charge in [-0.2, -0.15) is 0 Å². The molecule has 1 aliphatic heterocycles. The molecular formula is C16H24Cl2N2O2. The molecule has 0 radical (unpaired) electrons. The molecule has 0 bridgehead atoms. The van der Waals surface area contributed by atoms with Gasteiger partial charge in [-0.05, 0) is 62.5 Å². The molecule has 22 heavy (non-hydrogen) atoms. The number of piperidine rings is 1. The minimum Gasteiger partial charge on any atom is -0.465 e. The number of halogens is 2. The maximum Gasteiger partial charge on any atom is 0.337 e. The fraction of sp³-hybridized carbons (Fsp3) is 0.562. The first-order valence-electron chi connectivity index (χ1n) is 7.36. The standard InChI is InChI=1S/C16H23ClN2O2.ClH/c1-11(18)12-5-7-19(8-6-12)10-14-9-13(16(20)21-2)3-4-15(14)17;/h3-4,9,11-12H,5-8,10,18H2,1-2H3;1H. The summed E-state index contributed by atoms with van der Waals surface area (Å²) in [6.07, 6.45) is 2.23. The molecular weight excluding hydrogens is 323 g/mol. The Morgan fingerprint density at radius 1 is 1.45 bits per heavy atom. The number of carbonyl (C=O) groups excluding carboxylic acids is 1. The average molecular weight is 347 g/mol. The Morgan fingerprint density at radius 3 is 2.64 bits per heavy atom. The highest BCUT2D eigenvalue weighted by molar-refractivity contribution is 6.31. The summed E-state index contributed by atoms with van der Waals surface area (Å²) in [5.41, 5.74) is 7.48. The predicted octanol–water partition coefficient (Wildman–Crippen LogP) is 3.11. The number of methoxy groups -OCH3 is 1. The largest absolute Gasteiger partial charge is 0.465 e. The zero-order chi connectivity index (χ0) is 15.4. The molecule has 1 heterocycles. The average Bonchev–Trinajstić information content (AvgIpc) is 2.49. The minimum atomic E-state index is -0.330. The molecule has 1 aliphatic rings. The third kappa shape index (κ3) is 4.85. The second-order valence-electron chi connectivity index (χ2n) is 5.77. The van der Waals surface area contributed by atoms with Crippen LogP contribution in [0.3, 0.4) is 0 Å². The molecule has 1 fully saturated rings. The van der Waals surface area contributed by atoms with Crippen molar-refractivity contribution < 1.29 is 9.53 Å². The maximum atomic E-state index is 11.6. The van der Waals surface area contributed by atoms with Gasteiger partial charge >= 0.3 is 5.97 Å². The van der Waals surface area contributed by atoms with Gasteiger partial charge in [0, 0.05) is 17.6 Å². The summed E-state index contributed by atoms with van der Waals surface area (Å²) in [4.78, 5) is 14.0. The fourth-order valence-electron chi connectivity index (χ4n) is 2.82. The van der Waals surface area contributed by atoms with E-state index in [-0.39, 0.29) is 24.4 Å². The first-order valence-corrected chi connectivity index (χ1v) is 7.73. The van der Waals surface area contributed by atoms with E-state index >= 15 is 0 Å². The zero-order valence-corrected chi connectivity index (χ0v) is 14.6. The van der Waals surface area contributed by atoms with Gasteiger partial charge in [-0.1, -0.05) is 11.6 Å². The minimum absolute atomic E-state index is 0. The van der Waals surface area contributed by atoms with Crippen molar-refractivity contribution in [1.82, 2.24) is 4.90 Å². The number of benzene rings is 1. The van der Waals surface area contributed by atoms with Crippen molar-refractivity contribution in [3.8, 4) is 0 Å². The Labute approximate surface area is 143 Å². The van der Waals surface area contributed by atoms with Gasteiger partial charge in [-0.25, -0.2) is 4.79 Å². The van der Waals surface area contributed by atoms with Crippen molar-refractivity contribution in [3.63, 3.8) is 0 Å². The fourth-order valence-corrected chi connectivity index (χ4v) is 3.00. The second kappa shape index (κ2) is 8.73. The van der Waals surface area contributed by atoms with Gasteiger partial charge in [-0.3, -0.25) is 4.90 Å². The van der Waals surface area contributed by atoms with Crippen LogP contribution in [0.2, 0.25) is 5.02 Å². The number of nitrogens with two attached hydrogens (primary N) is 1. The lowest BCUT2D eigenvalue weighted by Gasteiger charge is -2.33. The number of carbonyl (C=O) groups is 1. The van der Waals surface area contributed by atoms with E-state index in [0.717, 1.165) is 38.0 Å². The van der Waals surface area contributed by atoms with Gasteiger partial charge in [0.1, 0.15) is 0 Å². The van der Waals surface area contributed by atoms with Gasteiger partial charge in [0.05, 0.1) is 12.7 Å². The molecule has 124 valence electrons. The molecule has 0 aliphatic carbocycles. The molecule has 1 saturated heterocycles. The monoisotopic (exact) mass is 346 g/mol. The topological polar surface area (TPSA) is 55.6 Å². The third-order valence-electron chi connectivity index (χ3n) is 4.24. The Hall–Kier alpha value is -0.810. The number of hydrogen-bond donors (Lipinski definition) is 1. The number of hydrogen-bond acceptors (Lipinski definition) is 4. The van der Waals surface area contributed by atoms with E-state index in [0.29, 0.717) is 16.5 Å². The normalized spacial score (nSPS) is 17.6. The molecule has 1 aromatic carbocycles. The Bertz CT molecular complexity index is 501. The first-order chi connectivity index (χ1) is 10.0. The molecule has 0 spiro atoms. The summed E-state index contributed by atoms with van der Waals surface area (Å²) in [5.74, 6) is 0.279. The molecule has 4 nitrogen and oxygen atoms in total. The third-order valence-corrected chi connectivity index (χ3v) is 4.61. The highest BCUT2D eigenvalue weighted by Gasteiger charge is 2.22. The summed E-state index contributed by atoms with van der Waals surface area (Å²) in [7, 11) is 1.38. The van der Waals surface area contributed by atoms with Crippen molar-refractivity contribution in [2.75, 3.05) is 20.2 Å². The van der Waals surface area contributed by atoms with Crippen LogP contribution in [0.15, 0.2) is 18.2 Å². The van der Waals surface area contributed by atoms with Gasteiger partial charge < -0.3 is 10.5 Å². The number of likely N-dealkylation sites (tertiary alicyclic amines) is 1. The zero-order valence-electron chi connectivity index (χ0n) is 13.0. The van der Waals surface area contributed by atoms with Crippen LogP contribution in [0, 0.1) is 5.92 Å². The van der Waals surface area contributed by atoms with Gasteiger partial charge in [0.25, 0.3) is 0 Å². The molecule has 0 saturated carbocycles. The highest BCUT2D eigenvalue weighted by atomic mass is 35.5. The molecule has 0 amide bonds. The summed E-state index contributed by atoms with van der Waals surface area (Å²) in [5, 5.41) is 0.692. The van der Waals surface area contributed by atoms with Crippen molar-refractivity contribution in [2.24, 2.45) is 11.7 Å². The van der Waals surface area contributed by atoms with Crippen molar-refractivity contribution in [1.29, 1.82) is 0 Å². The number of ether oxygens (including phenoxy) is 1. The van der Waals surface area contributed by atoms with E-state index in [2.05, 4.69) is 11.8 Å². The van der Waals surface area contributed by atoms with Crippen LogP contribution in [0.1, 0.15) is 35.7 Å². The second-order valence-corrected chi connectivity index (χ2v) is 6.18. The molecule has 0 aromatic heterocycles. The number of nitrogens with zero attached hydrogens (tertiary/aromatic N) is 1. The molecule has 2 N–H and O–H groups in total. The van der Waals surface area contributed by atoms with E-state index in [4.69, 9.17) is 22.1 Å². The Kier molecular flexibility index (Phi) is 7.63. The van der Waals surface area contributed by atoms with Crippen molar-refractivity contribution >= 4 is 30.0 Å². The van der Waals surface area contributed by atoms with Crippen LogP contribution in [-0.2, 0) is 11.3 Å². The molecule has 1 aromatic rings. The van der Waals surface area contributed by atoms with Gasteiger partial charge in [-0.15, -0.1) is 12.4 Å². The molecule has 2 rings (SSSR count). The van der Waals surface area contributed by atoms with E-state index in [1.165, 1.54) is 7.11 Å². The predicted molar refractivity (Wildman–Crippen MR) is 91.7 cm³/mol. The van der Waals surface area contributed by atoms with Gasteiger partial charge in [0.15, 0.2) is 0 Å². The Balaban J connectivity index is 0.00000242. The first kappa shape index (κ1) is 19.2. The van der Waals surface area contributed by atoms with Crippen LogP contribution in [0.5, 0.6) is 0 Å². The highest BCUT2D eigenvalue weighted by Crippen LogP contribution is 2.24.